The van der Waals surface area contributed by atoms with E-state index in [0.29, 0.717) is 22.0 Å². The molecular formula is C17H16ClN3O3. The third-order valence-electron chi connectivity index (χ3n) is 3.02. The molecule has 124 valence electrons. The average Bonchev–Trinajstić information content (AvgIpc) is 2.54. The van der Waals surface area contributed by atoms with E-state index in [0.717, 1.165) is 0 Å². The molecule has 0 aliphatic carbocycles. The Morgan fingerprint density at radius 3 is 2.08 bits per heavy atom. The zero-order chi connectivity index (χ0) is 17.5. The van der Waals surface area contributed by atoms with E-state index in [4.69, 9.17) is 11.6 Å². The lowest BCUT2D eigenvalue weighted by atomic mass is 10.2. The maximum absolute atomic E-state index is 12.0. The van der Waals surface area contributed by atoms with Crippen molar-refractivity contribution in [2.24, 2.45) is 0 Å². The van der Waals surface area contributed by atoms with Gasteiger partial charge in [0.1, 0.15) is 0 Å². The van der Waals surface area contributed by atoms with Crippen molar-refractivity contribution in [2.75, 3.05) is 17.2 Å². The van der Waals surface area contributed by atoms with Crippen LogP contribution in [0.25, 0.3) is 0 Å². The minimum absolute atomic E-state index is 0.172. The van der Waals surface area contributed by atoms with Crippen LogP contribution in [0.5, 0.6) is 0 Å². The highest BCUT2D eigenvalue weighted by molar-refractivity contribution is 6.33. The molecule has 0 aliphatic rings. The number of benzene rings is 2. The van der Waals surface area contributed by atoms with E-state index in [9.17, 15) is 14.4 Å². The maximum atomic E-state index is 12.0. The van der Waals surface area contributed by atoms with Gasteiger partial charge in [-0.05, 0) is 36.4 Å². The Morgan fingerprint density at radius 2 is 1.50 bits per heavy atom. The second-order valence-electron chi connectivity index (χ2n) is 4.97. The number of nitrogens with one attached hydrogen (secondary N) is 3. The van der Waals surface area contributed by atoms with Crippen LogP contribution in [-0.2, 0) is 9.59 Å². The van der Waals surface area contributed by atoms with Gasteiger partial charge in [-0.25, -0.2) is 0 Å². The first-order chi connectivity index (χ1) is 11.5. The number of hydrogen-bond acceptors (Lipinski definition) is 3. The van der Waals surface area contributed by atoms with Crippen molar-refractivity contribution in [2.45, 2.75) is 6.92 Å². The van der Waals surface area contributed by atoms with Crippen LogP contribution in [0.3, 0.4) is 0 Å². The molecule has 2 aromatic rings. The van der Waals surface area contributed by atoms with E-state index in [2.05, 4.69) is 16.0 Å². The third-order valence-corrected chi connectivity index (χ3v) is 3.35. The first-order valence-electron chi connectivity index (χ1n) is 7.16. The topological polar surface area (TPSA) is 87.3 Å². The Morgan fingerprint density at radius 1 is 0.917 bits per heavy atom. The summed E-state index contributed by atoms with van der Waals surface area (Å²) in [7, 11) is 0. The van der Waals surface area contributed by atoms with Gasteiger partial charge in [-0.1, -0.05) is 23.7 Å². The quantitative estimate of drug-likeness (QED) is 0.778. The molecule has 2 aromatic carbocycles. The van der Waals surface area contributed by atoms with E-state index in [1.807, 2.05) is 0 Å². The van der Waals surface area contributed by atoms with Gasteiger partial charge in [0.05, 0.1) is 17.1 Å². The van der Waals surface area contributed by atoms with Gasteiger partial charge in [0.15, 0.2) is 0 Å². The van der Waals surface area contributed by atoms with Crippen LogP contribution < -0.4 is 16.0 Å². The van der Waals surface area contributed by atoms with E-state index in [1.54, 1.807) is 48.5 Å². The third kappa shape index (κ3) is 5.10. The van der Waals surface area contributed by atoms with E-state index in [1.165, 1.54) is 6.92 Å². The number of amides is 3. The number of rotatable bonds is 5. The second kappa shape index (κ2) is 8.12. The molecule has 0 bridgehead atoms. The molecule has 2 rings (SSSR count). The Bertz CT molecular complexity index is 760. The zero-order valence-corrected chi connectivity index (χ0v) is 13.7. The molecule has 0 saturated carbocycles. The van der Waals surface area contributed by atoms with Gasteiger partial charge >= 0.3 is 0 Å². The van der Waals surface area contributed by atoms with Crippen molar-refractivity contribution in [1.29, 1.82) is 0 Å². The summed E-state index contributed by atoms with van der Waals surface area (Å²) in [4.78, 5) is 34.8. The first kappa shape index (κ1) is 17.5. The normalized spacial score (nSPS) is 9.92. The fourth-order valence-electron chi connectivity index (χ4n) is 1.95. The Hall–Kier alpha value is -2.86. The predicted molar refractivity (Wildman–Crippen MR) is 93.2 cm³/mol. The molecule has 0 heterocycles. The van der Waals surface area contributed by atoms with Crippen molar-refractivity contribution in [3.8, 4) is 0 Å². The summed E-state index contributed by atoms with van der Waals surface area (Å²) in [6.45, 7) is 1.23. The molecule has 0 aliphatic heterocycles. The van der Waals surface area contributed by atoms with E-state index >= 15 is 0 Å². The van der Waals surface area contributed by atoms with Crippen LogP contribution in [0.2, 0.25) is 5.02 Å². The smallest absolute Gasteiger partial charge is 0.253 e. The molecule has 3 N–H and O–H groups in total. The highest BCUT2D eigenvalue weighted by atomic mass is 35.5. The van der Waals surface area contributed by atoms with Crippen LogP contribution in [-0.4, -0.2) is 24.3 Å². The van der Waals surface area contributed by atoms with Gasteiger partial charge in [-0.15, -0.1) is 0 Å². The molecule has 0 spiro atoms. The molecule has 0 saturated heterocycles. The van der Waals surface area contributed by atoms with Gasteiger partial charge in [-0.2, -0.15) is 0 Å². The molecule has 3 amide bonds. The molecule has 0 radical (unpaired) electrons. The first-order valence-corrected chi connectivity index (χ1v) is 7.54. The van der Waals surface area contributed by atoms with Crippen molar-refractivity contribution >= 4 is 40.7 Å². The van der Waals surface area contributed by atoms with Gasteiger partial charge < -0.3 is 16.0 Å². The number of halogens is 1. The highest BCUT2D eigenvalue weighted by Gasteiger charge is 2.11. The van der Waals surface area contributed by atoms with E-state index in [-0.39, 0.29) is 18.4 Å². The summed E-state index contributed by atoms with van der Waals surface area (Å²) in [6, 6.07) is 13.2. The van der Waals surface area contributed by atoms with E-state index < -0.39 is 5.91 Å². The Kier molecular flexibility index (Phi) is 5.92. The number of anilines is 2. The monoisotopic (exact) mass is 345 g/mol. The number of carbonyl (C=O) groups is 3. The highest BCUT2D eigenvalue weighted by Crippen LogP contribution is 2.15. The summed E-state index contributed by atoms with van der Waals surface area (Å²) in [6.07, 6.45) is 0. The molecule has 7 heteroatoms. The summed E-state index contributed by atoms with van der Waals surface area (Å²) < 4.78 is 0. The van der Waals surface area contributed by atoms with Crippen LogP contribution in [0, 0.1) is 0 Å². The lowest BCUT2D eigenvalue weighted by molar-refractivity contribution is -0.115. The summed E-state index contributed by atoms with van der Waals surface area (Å²) in [5.41, 5.74) is 1.50. The molecule has 6 nitrogen and oxygen atoms in total. The Labute approximate surface area is 144 Å². The van der Waals surface area contributed by atoms with Crippen molar-refractivity contribution in [1.82, 2.24) is 5.32 Å². The lowest BCUT2D eigenvalue weighted by Gasteiger charge is -2.09. The fourth-order valence-corrected chi connectivity index (χ4v) is 2.17. The minimum atomic E-state index is -0.420. The number of hydrogen-bond donors (Lipinski definition) is 3. The van der Waals surface area contributed by atoms with Crippen LogP contribution in [0.15, 0.2) is 48.5 Å². The molecule has 0 fully saturated rings. The van der Waals surface area contributed by atoms with Gasteiger partial charge in [0, 0.05) is 18.3 Å². The molecular weight excluding hydrogens is 330 g/mol. The molecule has 24 heavy (non-hydrogen) atoms. The second-order valence-corrected chi connectivity index (χ2v) is 5.38. The zero-order valence-electron chi connectivity index (χ0n) is 12.9. The standard InChI is InChI=1S/C17H16ClN3O3/c1-11(22)20-12-6-8-13(9-7-12)21-16(23)10-19-17(24)14-4-2-3-5-15(14)18/h2-9H,10H2,1H3,(H,19,24)(H,20,22)(H,21,23). The van der Waals surface area contributed by atoms with Gasteiger partial charge in [0.25, 0.3) is 5.91 Å². The fraction of sp³-hybridized carbons (Fsp3) is 0.118. The average molecular weight is 346 g/mol. The SMILES string of the molecule is CC(=O)Nc1ccc(NC(=O)CNC(=O)c2ccccc2Cl)cc1. The number of carbonyl (C=O) groups excluding carboxylic acids is 3. The maximum Gasteiger partial charge on any atom is 0.253 e. The molecule has 0 unspecified atom stereocenters. The summed E-state index contributed by atoms with van der Waals surface area (Å²) in [5.74, 6) is -0.964. The molecule has 0 atom stereocenters. The Balaban J connectivity index is 1.86. The molecule has 0 aromatic heterocycles. The largest absolute Gasteiger partial charge is 0.343 e. The van der Waals surface area contributed by atoms with Crippen molar-refractivity contribution < 1.29 is 14.4 Å². The van der Waals surface area contributed by atoms with Gasteiger partial charge in [0.2, 0.25) is 11.8 Å². The summed E-state index contributed by atoms with van der Waals surface area (Å²) in [5, 5.41) is 8.10. The predicted octanol–water partition coefficient (Wildman–Crippen LogP) is 2.67. The van der Waals surface area contributed by atoms with Crippen molar-refractivity contribution in [3.05, 3.63) is 59.1 Å². The van der Waals surface area contributed by atoms with Crippen LogP contribution >= 0.6 is 11.6 Å². The summed E-state index contributed by atoms with van der Waals surface area (Å²) >= 11 is 5.92. The van der Waals surface area contributed by atoms with Gasteiger partial charge in [-0.3, -0.25) is 14.4 Å². The lowest BCUT2D eigenvalue weighted by Crippen LogP contribution is -2.33. The van der Waals surface area contributed by atoms with Crippen LogP contribution in [0.1, 0.15) is 17.3 Å². The minimum Gasteiger partial charge on any atom is -0.343 e. The van der Waals surface area contributed by atoms with Crippen molar-refractivity contribution in [3.63, 3.8) is 0 Å². The van der Waals surface area contributed by atoms with Crippen LogP contribution in [0.4, 0.5) is 11.4 Å².